The van der Waals surface area contributed by atoms with Gasteiger partial charge < -0.3 is 10.6 Å². The van der Waals surface area contributed by atoms with E-state index in [1.54, 1.807) is 30.2 Å². The summed E-state index contributed by atoms with van der Waals surface area (Å²) in [5.41, 5.74) is 1.83. The van der Waals surface area contributed by atoms with Crippen molar-refractivity contribution >= 4 is 56.5 Å². The summed E-state index contributed by atoms with van der Waals surface area (Å²) in [6, 6.07) is 3.67. The Morgan fingerprint density at radius 3 is 2.25 bits per heavy atom. The van der Waals surface area contributed by atoms with Gasteiger partial charge in [-0.3, -0.25) is 14.6 Å². The van der Waals surface area contributed by atoms with Crippen molar-refractivity contribution in [1.29, 1.82) is 0 Å². The molecule has 0 aliphatic carbocycles. The van der Waals surface area contributed by atoms with E-state index in [1.165, 1.54) is 22.7 Å². The number of allylic oxidation sites excluding steroid dienone is 3. The van der Waals surface area contributed by atoms with Crippen LogP contribution in [0.3, 0.4) is 0 Å². The van der Waals surface area contributed by atoms with E-state index >= 15 is 0 Å². The Hall–Kier alpha value is -2.96. The molecule has 190 valence electrons. The first-order valence-electron chi connectivity index (χ1n) is 11.6. The third-order valence-corrected chi connectivity index (χ3v) is 7.52. The Labute approximate surface area is 223 Å². The summed E-state index contributed by atoms with van der Waals surface area (Å²) in [5.74, 6) is 1.55. The van der Waals surface area contributed by atoms with Crippen molar-refractivity contribution in [1.82, 2.24) is 25.4 Å². The molecule has 3 aromatic rings. The SMILES string of the molecule is C/C=C(\C=C/CC)CC(=O)Nc1nnc(CCSCCc2nnc(NC(=O)Cc3cccnc3)s2)s1. The minimum Gasteiger partial charge on any atom is -0.300 e. The van der Waals surface area contributed by atoms with Crippen LogP contribution in [0.1, 0.15) is 42.3 Å². The molecule has 0 unspecified atom stereocenters. The Kier molecular flexibility index (Phi) is 11.7. The number of hydrogen-bond donors (Lipinski definition) is 2. The summed E-state index contributed by atoms with van der Waals surface area (Å²) in [4.78, 5) is 28.4. The summed E-state index contributed by atoms with van der Waals surface area (Å²) in [7, 11) is 0. The third kappa shape index (κ3) is 9.96. The minimum atomic E-state index is -0.136. The second kappa shape index (κ2) is 15.2. The van der Waals surface area contributed by atoms with Crippen molar-refractivity contribution in [2.24, 2.45) is 0 Å². The summed E-state index contributed by atoms with van der Waals surface area (Å²) in [6.45, 7) is 3.99. The largest absolute Gasteiger partial charge is 0.300 e. The molecule has 0 aliphatic rings. The number of pyridine rings is 1. The van der Waals surface area contributed by atoms with Crippen LogP contribution in [0.5, 0.6) is 0 Å². The normalized spacial score (nSPS) is 11.7. The summed E-state index contributed by atoms with van der Waals surface area (Å²) in [6.07, 6.45) is 12.4. The van der Waals surface area contributed by atoms with Gasteiger partial charge in [0.25, 0.3) is 0 Å². The van der Waals surface area contributed by atoms with Gasteiger partial charge in [-0.2, -0.15) is 11.8 Å². The molecule has 3 heterocycles. The van der Waals surface area contributed by atoms with E-state index in [4.69, 9.17) is 0 Å². The molecule has 0 aliphatic heterocycles. The van der Waals surface area contributed by atoms with Gasteiger partial charge in [-0.25, -0.2) is 0 Å². The monoisotopic (exact) mass is 543 g/mol. The summed E-state index contributed by atoms with van der Waals surface area (Å²) in [5, 5.41) is 24.9. The fourth-order valence-electron chi connectivity index (χ4n) is 2.96. The fraction of sp³-hybridized carbons (Fsp3) is 0.375. The van der Waals surface area contributed by atoms with Crippen molar-refractivity contribution < 1.29 is 9.59 Å². The molecule has 9 nitrogen and oxygen atoms in total. The van der Waals surface area contributed by atoms with Crippen molar-refractivity contribution in [3.8, 4) is 0 Å². The smallest absolute Gasteiger partial charge is 0.230 e. The summed E-state index contributed by atoms with van der Waals surface area (Å²) < 4.78 is 0. The number of nitrogens with zero attached hydrogens (tertiary/aromatic N) is 5. The van der Waals surface area contributed by atoms with Gasteiger partial charge in [0.1, 0.15) is 10.0 Å². The van der Waals surface area contributed by atoms with Crippen LogP contribution in [0.4, 0.5) is 10.3 Å². The molecule has 2 amide bonds. The number of rotatable bonds is 14. The van der Waals surface area contributed by atoms with E-state index in [0.717, 1.165) is 51.9 Å². The molecule has 0 saturated carbocycles. The highest BCUT2D eigenvalue weighted by atomic mass is 32.2. The minimum absolute atomic E-state index is 0.0920. The number of aryl methyl sites for hydroxylation is 2. The Morgan fingerprint density at radius 1 is 1.00 bits per heavy atom. The predicted molar refractivity (Wildman–Crippen MR) is 148 cm³/mol. The Morgan fingerprint density at radius 2 is 1.67 bits per heavy atom. The zero-order valence-electron chi connectivity index (χ0n) is 20.3. The lowest BCUT2D eigenvalue weighted by atomic mass is 10.1. The number of amides is 2. The van der Waals surface area contributed by atoms with E-state index < -0.39 is 0 Å². The van der Waals surface area contributed by atoms with Crippen molar-refractivity contribution in [2.75, 3.05) is 22.1 Å². The van der Waals surface area contributed by atoms with Gasteiger partial charge in [0.2, 0.25) is 22.1 Å². The van der Waals surface area contributed by atoms with Crippen molar-refractivity contribution in [3.63, 3.8) is 0 Å². The first kappa shape index (κ1) is 27.6. The Balaban J connectivity index is 1.32. The summed E-state index contributed by atoms with van der Waals surface area (Å²) >= 11 is 4.59. The van der Waals surface area contributed by atoms with Crippen LogP contribution < -0.4 is 10.6 Å². The van der Waals surface area contributed by atoms with E-state index in [2.05, 4.69) is 42.9 Å². The maximum absolute atomic E-state index is 12.2. The number of thioether (sulfide) groups is 1. The topological polar surface area (TPSA) is 123 Å². The molecular weight excluding hydrogens is 515 g/mol. The van der Waals surface area contributed by atoms with E-state index in [1.807, 2.05) is 31.2 Å². The molecule has 3 aromatic heterocycles. The van der Waals surface area contributed by atoms with Gasteiger partial charge >= 0.3 is 0 Å². The predicted octanol–water partition coefficient (Wildman–Crippen LogP) is 4.73. The van der Waals surface area contributed by atoms with Crippen LogP contribution in [-0.4, -0.2) is 48.7 Å². The second-order valence-electron chi connectivity index (χ2n) is 7.60. The van der Waals surface area contributed by atoms with E-state index in [0.29, 0.717) is 16.7 Å². The zero-order chi connectivity index (χ0) is 25.6. The molecule has 12 heteroatoms. The van der Waals surface area contributed by atoms with Crippen LogP contribution in [-0.2, 0) is 28.9 Å². The van der Waals surface area contributed by atoms with Crippen molar-refractivity contribution in [3.05, 3.63) is 63.9 Å². The van der Waals surface area contributed by atoms with Crippen LogP contribution >= 0.6 is 34.4 Å². The molecule has 0 fully saturated rings. The molecular formula is C24H29N7O2S3. The van der Waals surface area contributed by atoms with Gasteiger partial charge in [-0.05, 0) is 42.1 Å². The van der Waals surface area contributed by atoms with Gasteiger partial charge in [-0.1, -0.05) is 53.9 Å². The quantitative estimate of drug-likeness (QED) is 0.221. The second-order valence-corrected chi connectivity index (χ2v) is 10.9. The number of nitrogens with one attached hydrogen (secondary N) is 2. The zero-order valence-corrected chi connectivity index (χ0v) is 22.7. The van der Waals surface area contributed by atoms with Gasteiger partial charge in [0, 0.05) is 25.2 Å². The first-order chi connectivity index (χ1) is 17.6. The number of hydrogen-bond acceptors (Lipinski definition) is 10. The maximum Gasteiger partial charge on any atom is 0.230 e. The number of carbonyl (C=O) groups is 2. The lowest BCUT2D eigenvalue weighted by Crippen LogP contribution is -2.14. The van der Waals surface area contributed by atoms with Gasteiger partial charge in [-0.15, -0.1) is 20.4 Å². The number of carbonyl (C=O) groups excluding carboxylic acids is 2. The average molecular weight is 544 g/mol. The molecule has 36 heavy (non-hydrogen) atoms. The molecule has 0 bridgehead atoms. The van der Waals surface area contributed by atoms with Crippen LogP contribution in [0.2, 0.25) is 0 Å². The highest BCUT2D eigenvalue weighted by molar-refractivity contribution is 7.99. The first-order valence-corrected chi connectivity index (χ1v) is 14.4. The van der Waals surface area contributed by atoms with E-state index in [-0.39, 0.29) is 18.2 Å². The Bertz CT molecular complexity index is 1180. The average Bonchev–Trinajstić information content (AvgIpc) is 3.51. The molecule has 0 aromatic carbocycles. The van der Waals surface area contributed by atoms with Gasteiger partial charge in [0.15, 0.2) is 0 Å². The number of anilines is 2. The van der Waals surface area contributed by atoms with Gasteiger partial charge in [0.05, 0.1) is 12.8 Å². The van der Waals surface area contributed by atoms with Crippen LogP contribution in [0.25, 0.3) is 0 Å². The fourth-order valence-corrected chi connectivity index (χ4v) is 5.61. The molecule has 0 atom stereocenters. The van der Waals surface area contributed by atoms with Crippen LogP contribution in [0, 0.1) is 0 Å². The van der Waals surface area contributed by atoms with Crippen molar-refractivity contribution in [2.45, 2.75) is 46.0 Å². The highest BCUT2D eigenvalue weighted by Crippen LogP contribution is 2.20. The molecule has 2 N–H and O–H groups in total. The lowest BCUT2D eigenvalue weighted by Gasteiger charge is -2.01. The maximum atomic E-state index is 12.2. The third-order valence-electron chi connectivity index (χ3n) is 4.74. The molecule has 0 saturated heterocycles. The van der Waals surface area contributed by atoms with E-state index in [9.17, 15) is 9.59 Å². The molecule has 0 spiro atoms. The number of aromatic nitrogens is 5. The van der Waals surface area contributed by atoms with Crippen LogP contribution in [0.15, 0.2) is 48.3 Å². The lowest BCUT2D eigenvalue weighted by molar-refractivity contribution is -0.116. The standard InChI is InChI=1S/C24H29N7O2S3/c1-3-5-7-17(4-2)14-19(32)26-23-30-28-21(35-23)9-12-34-13-10-22-29-31-24(36-22)27-20(33)15-18-8-6-11-25-16-18/h4-8,11,16H,3,9-10,12-15H2,1-2H3,(H,26,30,32)(H,27,31,33)/b7-5-,17-4+. The molecule has 0 radical (unpaired) electrons. The highest BCUT2D eigenvalue weighted by Gasteiger charge is 2.11. The molecule has 3 rings (SSSR count).